The Morgan fingerprint density at radius 3 is 2.23 bits per heavy atom. The van der Waals surface area contributed by atoms with Gasteiger partial charge in [-0.2, -0.15) is 18.3 Å². The lowest BCUT2D eigenvalue weighted by Crippen LogP contribution is -2.37. The Labute approximate surface area is 199 Å². The summed E-state index contributed by atoms with van der Waals surface area (Å²) in [6.45, 7) is 1.57. The largest absolute Gasteiger partial charge is 0.416 e. The van der Waals surface area contributed by atoms with Gasteiger partial charge in [-0.3, -0.25) is 9.59 Å². The van der Waals surface area contributed by atoms with E-state index in [0.717, 1.165) is 12.1 Å². The van der Waals surface area contributed by atoms with Crippen molar-refractivity contribution in [3.8, 4) is 5.69 Å². The SMILES string of the molecule is Cc1c(C(=O)NC(C(=O)Nc2ccccc2)c2ccccc2)cnn1-c1cccc(C(F)(F)F)c1. The Morgan fingerprint density at radius 1 is 0.914 bits per heavy atom. The number of alkyl halides is 3. The number of para-hydroxylation sites is 1. The Kier molecular flexibility index (Phi) is 6.68. The molecule has 1 heterocycles. The fraction of sp³-hybridized carbons (Fsp3) is 0.115. The van der Waals surface area contributed by atoms with Crippen molar-refractivity contribution in [1.29, 1.82) is 0 Å². The molecule has 0 saturated carbocycles. The van der Waals surface area contributed by atoms with E-state index < -0.39 is 29.6 Å². The fourth-order valence-electron chi connectivity index (χ4n) is 3.60. The Balaban J connectivity index is 1.60. The van der Waals surface area contributed by atoms with Gasteiger partial charge in [-0.05, 0) is 42.8 Å². The van der Waals surface area contributed by atoms with Gasteiger partial charge in [-0.25, -0.2) is 4.68 Å². The molecule has 0 aliphatic heterocycles. The molecule has 1 aromatic heterocycles. The van der Waals surface area contributed by atoms with Crippen LogP contribution in [0.2, 0.25) is 0 Å². The fourth-order valence-corrected chi connectivity index (χ4v) is 3.60. The molecule has 1 unspecified atom stereocenters. The maximum Gasteiger partial charge on any atom is 0.416 e. The van der Waals surface area contributed by atoms with Crippen molar-refractivity contribution in [3.05, 3.63) is 114 Å². The van der Waals surface area contributed by atoms with E-state index in [1.807, 2.05) is 6.07 Å². The van der Waals surface area contributed by atoms with Crippen LogP contribution >= 0.6 is 0 Å². The summed E-state index contributed by atoms with van der Waals surface area (Å²) in [5, 5.41) is 9.62. The van der Waals surface area contributed by atoms with Gasteiger partial charge in [0.05, 0.1) is 28.7 Å². The van der Waals surface area contributed by atoms with Crippen LogP contribution in [0.5, 0.6) is 0 Å². The Bertz CT molecular complexity index is 1340. The first kappa shape index (κ1) is 23.7. The first-order valence-corrected chi connectivity index (χ1v) is 10.7. The molecule has 2 N–H and O–H groups in total. The van der Waals surface area contributed by atoms with Gasteiger partial charge in [0, 0.05) is 5.69 Å². The minimum Gasteiger partial charge on any atom is -0.336 e. The maximum absolute atomic E-state index is 13.2. The minimum absolute atomic E-state index is 0.135. The summed E-state index contributed by atoms with van der Waals surface area (Å²) >= 11 is 0. The third-order valence-corrected chi connectivity index (χ3v) is 5.38. The van der Waals surface area contributed by atoms with Gasteiger partial charge in [0.25, 0.3) is 11.8 Å². The van der Waals surface area contributed by atoms with E-state index >= 15 is 0 Å². The first-order chi connectivity index (χ1) is 16.7. The van der Waals surface area contributed by atoms with Gasteiger partial charge in [0.15, 0.2) is 0 Å². The van der Waals surface area contributed by atoms with Crippen molar-refractivity contribution in [2.45, 2.75) is 19.1 Å². The average Bonchev–Trinajstić information content (AvgIpc) is 3.24. The number of nitrogens with one attached hydrogen (secondary N) is 2. The van der Waals surface area contributed by atoms with Crippen LogP contribution in [-0.4, -0.2) is 21.6 Å². The van der Waals surface area contributed by atoms with Crippen LogP contribution in [0.4, 0.5) is 18.9 Å². The first-order valence-electron chi connectivity index (χ1n) is 10.7. The molecule has 4 rings (SSSR count). The van der Waals surface area contributed by atoms with Crippen molar-refractivity contribution >= 4 is 17.5 Å². The second-order valence-corrected chi connectivity index (χ2v) is 7.78. The van der Waals surface area contributed by atoms with Crippen molar-refractivity contribution in [2.75, 3.05) is 5.32 Å². The summed E-state index contributed by atoms with van der Waals surface area (Å²) in [6, 6.07) is 21.2. The third-order valence-electron chi connectivity index (χ3n) is 5.38. The molecule has 0 radical (unpaired) electrons. The molecule has 6 nitrogen and oxygen atoms in total. The van der Waals surface area contributed by atoms with Crippen LogP contribution < -0.4 is 10.6 Å². The topological polar surface area (TPSA) is 76.0 Å². The molecule has 4 aromatic rings. The molecular formula is C26H21F3N4O2. The van der Waals surface area contributed by atoms with Gasteiger partial charge in [0.1, 0.15) is 6.04 Å². The predicted molar refractivity (Wildman–Crippen MR) is 125 cm³/mol. The monoisotopic (exact) mass is 478 g/mol. The quantitative estimate of drug-likeness (QED) is 0.394. The lowest BCUT2D eigenvalue weighted by atomic mass is 10.1. The van der Waals surface area contributed by atoms with Crippen LogP contribution in [-0.2, 0) is 11.0 Å². The van der Waals surface area contributed by atoms with E-state index in [1.165, 1.54) is 23.0 Å². The van der Waals surface area contributed by atoms with Crippen LogP contribution in [0.1, 0.15) is 33.2 Å². The van der Waals surface area contributed by atoms with Gasteiger partial charge in [-0.1, -0.05) is 54.6 Å². The van der Waals surface area contributed by atoms with E-state index in [1.54, 1.807) is 61.5 Å². The number of halogens is 3. The molecule has 0 bridgehead atoms. The summed E-state index contributed by atoms with van der Waals surface area (Å²) in [5.41, 5.74) is 0.946. The van der Waals surface area contributed by atoms with Crippen molar-refractivity contribution in [1.82, 2.24) is 15.1 Å². The molecule has 3 aromatic carbocycles. The average molecular weight is 478 g/mol. The molecule has 9 heteroatoms. The van der Waals surface area contributed by atoms with Crippen LogP contribution in [0, 0.1) is 6.92 Å². The maximum atomic E-state index is 13.2. The highest BCUT2D eigenvalue weighted by Crippen LogP contribution is 2.30. The number of nitrogens with zero attached hydrogens (tertiary/aromatic N) is 2. The van der Waals surface area contributed by atoms with Crippen LogP contribution in [0.15, 0.2) is 91.1 Å². The summed E-state index contributed by atoms with van der Waals surface area (Å²) < 4.78 is 40.6. The van der Waals surface area contributed by atoms with Gasteiger partial charge in [-0.15, -0.1) is 0 Å². The van der Waals surface area contributed by atoms with Crippen molar-refractivity contribution < 1.29 is 22.8 Å². The number of rotatable bonds is 6. The lowest BCUT2D eigenvalue weighted by molar-refractivity contribution is -0.137. The summed E-state index contributed by atoms with van der Waals surface area (Å²) in [6.07, 6.45) is -3.24. The minimum atomic E-state index is -4.51. The Hall–Kier alpha value is -4.40. The zero-order valence-electron chi connectivity index (χ0n) is 18.6. The summed E-state index contributed by atoms with van der Waals surface area (Å²) in [4.78, 5) is 26.2. The van der Waals surface area contributed by atoms with Crippen LogP contribution in [0.3, 0.4) is 0 Å². The molecule has 0 fully saturated rings. The molecule has 35 heavy (non-hydrogen) atoms. The van der Waals surface area contributed by atoms with E-state index in [2.05, 4.69) is 15.7 Å². The molecule has 0 aliphatic rings. The highest BCUT2D eigenvalue weighted by molar-refractivity contribution is 6.02. The van der Waals surface area contributed by atoms with Crippen molar-refractivity contribution in [3.63, 3.8) is 0 Å². The molecule has 178 valence electrons. The predicted octanol–water partition coefficient (Wildman–Crippen LogP) is 5.31. The number of hydrogen-bond donors (Lipinski definition) is 2. The Morgan fingerprint density at radius 2 is 1.57 bits per heavy atom. The number of anilines is 1. The number of amides is 2. The number of hydrogen-bond acceptors (Lipinski definition) is 3. The number of carbonyl (C=O) groups excluding carboxylic acids is 2. The van der Waals surface area contributed by atoms with E-state index in [-0.39, 0.29) is 11.3 Å². The molecule has 1 atom stereocenters. The molecule has 2 amide bonds. The second kappa shape index (κ2) is 9.84. The zero-order valence-corrected chi connectivity index (χ0v) is 18.6. The molecule has 0 saturated heterocycles. The lowest BCUT2D eigenvalue weighted by Gasteiger charge is -2.19. The molecular weight excluding hydrogens is 457 g/mol. The highest BCUT2D eigenvalue weighted by atomic mass is 19.4. The molecule has 0 spiro atoms. The van der Waals surface area contributed by atoms with E-state index in [9.17, 15) is 22.8 Å². The summed E-state index contributed by atoms with van der Waals surface area (Å²) in [7, 11) is 0. The highest BCUT2D eigenvalue weighted by Gasteiger charge is 2.31. The number of benzene rings is 3. The number of carbonyl (C=O) groups is 2. The van der Waals surface area contributed by atoms with Crippen molar-refractivity contribution in [2.24, 2.45) is 0 Å². The smallest absolute Gasteiger partial charge is 0.336 e. The van der Waals surface area contributed by atoms with Gasteiger partial charge < -0.3 is 10.6 Å². The zero-order chi connectivity index (χ0) is 25.0. The van der Waals surface area contributed by atoms with E-state index in [4.69, 9.17) is 0 Å². The second-order valence-electron chi connectivity index (χ2n) is 7.78. The summed E-state index contributed by atoms with van der Waals surface area (Å²) in [5.74, 6) is -1.03. The standard InChI is InChI=1S/C26H21F3N4O2/c1-17-22(16-30-33(17)21-14-8-11-19(15-21)26(27,28)29)24(34)32-23(18-9-4-2-5-10-18)25(35)31-20-12-6-3-7-13-20/h2-16,23H,1H3,(H,31,35)(H,32,34). The normalized spacial score (nSPS) is 12.1. The van der Waals surface area contributed by atoms with E-state index in [0.29, 0.717) is 16.9 Å². The third kappa shape index (κ3) is 5.40. The molecule has 0 aliphatic carbocycles. The number of aromatic nitrogens is 2. The van der Waals surface area contributed by atoms with Crippen LogP contribution in [0.25, 0.3) is 5.69 Å². The van der Waals surface area contributed by atoms with Gasteiger partial charge in [0.2, 0.25) is 0 Å². The van der Waals surface area contributed by atoms with Gasteiger partial charge >= 0.3 is 6.18 Å².